The van der Waals surface area contributed by atoms with Crippen LogP contribution in [-0.2, 0) is 9.47 Å². The molecule has 0 saturated carbocycles. The Balaban J connectivity index is 2.79. The first kappa shape index (κ1) is 17.4. The molecule has 1 rings (SSSR count). The van der Waals surface area contributed by atoms with E-state index >= 15 is 0 Å². The molecule has 116 valence electrons. The van der Waals surface area contributed by atoms with Gasteiger partial charge in [-0.3, -0.25) is 0 Å². The van der Waals surface area contributed by atoms with E-state index in [1.165, 1.54) is 0 Å². The number of hydrogen-bond donors (Lipinski definition) is 1. The van der Waals surface area contributed by atoms with Crippen LogP contribution in [0.2, 0.25) is 0 Å². The van der Waals surface area contributed by atoms with Gasteiger partial charge in [0.05, 0.1) is 24.9 Å². The minimum atomic E-state index is 0.281. The normalized spacial score (nSPS) is 14.2. The van der Waals surface area contributed by atoms with E-state index in [2.05, 4.69) is 36.4 Å². The summed E-state index contributed by atoms with van der Waals surface area (Å²) in [5.41, 5.74) is 1.10. The Hall–Kier alpha value is -0.690. The Morgan fingerprint density at radius 3 is 2.70 bits per heavy atom. The Morgan fingerprint density at radius 1 is 1.35 bits per heavy atom. The molecular weight excluding hydrogens is 274 g/mol. The third kappa shape index (κ3) is 5.01. The summed E-state index contributed by atoms with van der Waals surface area (Å²) in [5, 5.41) is 6.55. The largest absolute Gasteiger partial charge is 0.383 e. The number of thiazole rings is 1. The van der Waals surface area contributed by atoms with Crippen LogP contribution in [0, 0.1) is 0 Å². The van der Waals surface area contributed by atoms with Crippen molar-refractivity contribution < 1.29 is 9.47 Å². The molecule has 0 fully saturated rings. The van der Waals surface area contributed by atoms with Gasteiger partial charge in [-0.15, -0.1) is 11.3 Å². The fourth-order valence-electron chi connectivity index (χ4n) is 2.04. The Bertz CT molecular complexity index is 373. The van der Waals surface area contributed by atoms with Gasteiger partial charge in [-0.2, -0.15) is 0 Å². The Morgan fingerprint density at radius 2 is 2.10 bits per heavy atom. The molecule has 1 aromatic heterocycles. The SMILES string of the molecule is CCNC(C)c1csc(N(CCOC)C(C)COC)n1. The second-order valence-corrected chi connectivity index (χ2v) is 5.66. The topological polar surface area (TPSA) is 46.6 Å². The monoisotopic (exact) mass is 301 g/mol. The summed E-state index contributed by atoms with van der Waals surface area (Å²) in [6, 6.07) is 0.565. The maximum absolute atomic E-state index is 5.26. The van der Waals surface area contributed by atoms with Gasteiger partial charge in [0.15, 0.2) is 5.13 Å². The van der Waals surface area contributed by atoms with E-state index in [4.69, 9.17) is 14.5 Å². The second-order valence-electron chi connectivity index (χ2n) is 4.82. The van der Waals surface area contributed by atoms with Crippen LogP contribution in [0.5, 0.6) is 0 Å². The van der Waals surface area contributed by atoms with E-state index in [-0.39, 0.29) is 12.1 Å². The van der Waals surface area contributed by atoms with Crippen molar-refractivity contribution in [2.75, 3.05) is 45.4 Å². The van der Waals surface area contributed by atoms with Crippen LogP contribution in [0.1, 0.15) is 32.5 Å². The van der Waals surface area contributed by atoms with Crippen molar-refractivity contribution in [3.8, 4) is 0 Å². The summed E-state index contributed by atoms with van der Waals surface area (Å²) in [6.45, 7) is 9.53. The number of nitrogens with zero attached hydrogens (tertiary/aromatic N) is 2. The minimum absolute atomic E-state index is 0.281. The molecule has 6 heteroatoms. The van der Waals surface area contributed by atoms with Crippen molar-refractivity contribution in [1.29, 1.82) is 0 Å². The summed E-state index contributed by atoms with van der Waals surface area (Å²) in [5.74, 6) is 0. The molecule has 0 aliphatic heterocycles. The van der Waals surface area contributed by atoms with Gasteiger partial charge in [0, 0.05) is 32.2 Å². The first-order valence-corrected chi connectivity index (χ1v) is 7.95. The lowest BCUT2D eigenvalue weighted by Gasteiger charge is -2.28. The molecule has 0 aromatic carbocycles. The van der Waals surface area contributed by atoms with Gasteiger partial charge in [0.2, 0.25) is 0 Å². The number of anilines is 1. The highest BCUT2D eigenvalue weighted by Crippen LogP contribution is 2.25. The van der Waals surface area contributed by atoms with Crippen molar-refractivity contribution in [2.45, 2.75) is 32.9 Å². The fraction of sp³-hybridized carbons (Fsp3) is 0.786. The van der Waals surface area contributed by atoms with Gasteiger partial charge >= 0.3 is 0 Å². The molecule has 0 radical (unpaired) electrons. The van der Waals surface area contributed by atoms with Crippen molar-refractivity contribution in [3.63, 3.8) is 0 Å². The maximum Gasteiger partial charge on any atom is 0.185 e. The van der Waals surface area contributed by atoms with Crippen molar-refractivity contribution in [1.82, 2.24) is 10.3 Å². The molecule has 0 amide bonds. The van der Waals surface area contributed by atoms with Crippen LogP contribution >= 0.6 is 11.3 Å². The Labute approximate surface area is 126 Å². The average Bonchev–Trinajstić information content (AvgIpc) is 2.89. The van der Waals surface area contributed by atoms with Gasteiger partial charge < -0.3 is 19.7 Å². The first-order chi connectivity index (χ1) is 9.63. The second kappa shape index (κ2) is 9.28. The molecule has 5 nitrogen and oxygen atoms in total. The number of aromatic nitrogens is 1. The molecule has 2 unspecified atom stereocenters. The highest BCUT2D eigenvalue weighted by molar-refractivity contribution is 7.13. The average molecular weight is 301 g/mol. The van der Waals surface area contributed by atoms with Gasteiger partial charge in [-0.05, 0) is 20.4 Å². The fourth-order valence-corrected chi connectivity index (χ4v) is 3.09. The summed E-state index contributed by atoms with van der Waals surface area (Å²) in [6.07, 6.45) is 0. The zero-order valence-corrected chi connectivity index (χ0v) is 14.0. The van der Waals surface area contributed by atoms with E-state index in [0.29, 0.717) is 13.2 Å². The molecule has 0 aliphatic carbocycles. The van der Waals surface area contributed by atoms with Crippen molar-refractivity contribution in [2.24, 2.45) is 0 Å². The van der Waals surface area contributed by atoms with E-state index < -0.39 is 0 Å². The van der Waals surface area contributed by atoms with Crippen LogP contribution in [-0.4, -0.2) is 51.5 Å². The molecule has 1 heterocycles. The number of hydrogen-bond acceptors (Lipinski definition) is 6. The predicted molar refractivity (Wildman–Crippen MR) is 84.8 cm³/mol. The third-order valence-corrected chi connectivity index (χ3v) is 4.08. The molecule has 0 saturated heterocycles. The van der Waals surface area contributed by atoms with Gasteiger partial charge in [0.25, 0.3) is 0 Å². The smallest absolute Gasteiger partial charge is 0.185 e. The number of ether oxygens (including phenoxy) is 2. The van der Waals surface area contributed by atoms with E-state index in [9.17, 15) is 0 Å². The summed E-state index contributed by atoms with van der Waals surface area (Å²) in [7, 11) is 3.45. The quantitative estimate of drug-likeness (QED) is 0.718. The van der Waals surface area contributed by atoms with E-state index in [1.807, 2.05) is 0 Å². The molecule has 20 heavy (non-hydrogen) atoms. The van der Waals surface area contributed by atoms with Crippen LogP contribution in [0.15, 0.2) is 5.38 Å². The first-order valence-electron chi connectivity index (χ1n) is 7.07. The lowest BCUT2D eigenvalue weighted by atomic mass is 10.2. The van der Waals surface area contributed by atoms with E-state index in [0.717, 1.165) is 23.9 Å². The maximum atomic E-state index is 5.26. The predicted octanol–water partition coefficient (Wildman–Crippen LogP) is 2.30. The van der Waals surface area contributed by atoms with Gasteiger partial charge in [0.1, 0.15) is 0 Å². The Kier molecular flexibility index (Phi) is 8.06. The lowest BCUT2D eigenvalue weighted by Crippen LogP contribution is -2.38. The van der Waals surface area contributed by atoms with E-state index in [1.54, 1.807) is 25.6 Å². The number of nitrogens with one attached hydrogen (secondary N) is 1. The molecule has 0 bridgehead atoms. The van der Waals surface area contributed by atoms with Crippen LogP contribution < -0.4 is 10.2 Å². The zero-order valence-electron chi connectivity index (χ0n) is 13.2. The molecule has 1 aromatic rings. The van der Waals surface area contributed by atoms with Gasteiger partial charge in [-0.1, -0.05) is 6.92 Å². The number of methoxy groups -OCH3 is 2. The molecular formula is C14H27N3O2S. The molecule has 1 N–H and O–H groups in total. The highest BCUT2D eigenvalue weighted by Gasteiger charge is 2.19. The highest BCUT2D eigenvalue weighted by atomic mass is 32.1. The zero-order chi connectivity index (χ0) is 15.0. The lowest BCUT2D eigenvalue weighted by molar-refractivity contribution is 0.171. The molecule has 0 spiro atoms. The standard InChI is InChI=1S/C14H27N3O2S/c1-6-15-12(3)13-10-20-14(16-13)17(7-8-18-4)11(2)9-19-5/h10-12,15H,6-9H2,1-5H3. The number of rotatable bonds is 10. The minimum Gasteiger partial charge on any atom is -0.383 e. The van der Waals surface area contributed by atoms with Crippen LogP contribution in [0.25, 0.3) is 0 Å². The summed E-state index contributed by atoms with van der Waals surface area (Å²) in [4.78, 5) is 7.01. The summed E-state index contributed by atoms with van der Waals surface area (Å²) < 4.78 is 10.5. The van der Waals surface area contributed by atoms with Crippen LogP contribution in [0.3, 0.4) is 0 Å². The summed E-state index contributed by atoms with van der Waals surface area (Å²) >= 11 is 1.68. The van der Waals surface area contributed by atoms with Crippen molar-refractivity contribution >= 4 is 16.5 Å². The molecule has 0 aliphatic rings. The third-order valence-electron chi connectivity index (χ3n) is 3.19. The van der Waals surface area contributed by atoms with Gasteiger partial charge in [-0.25, -0.2) is 4.98 Å². The molecule has 2 atom stereocenters. The van der Waals surface area contributed by atoms with Crippen molar-refractivity contribution in [3.05, 3.63) is 11.1 Å². The van der Waals surface area contributed by atoms with Crippen LogP contribution in [0.4, 0.5) is 5.13 Å².